The largest absolute Gasteiger partial charge is 0.269 e. The van der Waals surface area contributed by atoms with Crippen LogP contribution in [-0.4, -0.2) is 9.91 Å². The number of thiazole rings is 1. The minimum Gasteiger partial charge on any atom is -0.258 e. The van der Waals surface area contributed by atoms with E-state index in [2.05, 4.69) is 10.4 Å². The van der Waals surface area contributed by atoms with E-state index in [1.54, 1.807) is 18.3 Å². The van der Waals surface area contributed by atoms with Crippen molar-refractivity contribution in [1.29, 1.82) is 0 Å². The second-order valence-corrected chi connectivity index (χ2v) is 3.41. The maximum Gasteiger partial charge on any atom is 0.269 e. The van der Waals surface area contributed by atoms with E-state index in [1.165, 1.54) is 23.5 Å². The Labute approximate surface area is 84.0 Å². The summed E-state index contributed by atoms with van der Waals surface area (Å²) in [6.45, 7) is 0. The molecule has 0 aliphatic carbocycles. The number of hydrogen-bond donors (Lipinski definition) is 0. The van der Waals surface area contributed by atoms with Gasteiger partial charge in [-0.3, -0.25) is 10.1 Å². The standard InChI is InChI=1S/C9H5N2O2S/c12-11(13)8-3-1-7(2-4-8)9-10-5-6-14-9/h1-5H. The van der Waals surface area contributed by atoms with E-state index in [4.69, 9.17) is 0 Å². The summed E-state index contributed by atoms with van der Waals surface area (Å²) >= 11 is 1.38. The van der Waals surface area contributed by atoms with Gasteiger partial charge in [-0.2, -0.15) is 0 Å². The van der Waals surface area contributed by atoms with Crippen molar-refractivity contribution in [3.05, 3.63) is 46.0 Å². The lowest BCUT2D eigenvalue weighted by molar-refractivity contribution is -0.384. The maximum atomic E-state index is 10.4. The van der Waals surface area contributed by atoms with Crippen molar-refractivity contribution < 1.29 is 4.92 Å². The molecular weight excluding hydrogens is 200 g/mol. The first-order valence-corrected chi connectivity index (χ1v) is 4.66. The molecule has 0 amide bonds. The smallest absolute Gasteiger partial charge is 0.258 e. The van der Waals surface area contributed by atoms with Crippen molar-refractivity contribution in [2.24, 2.45) is 0 Å². The van der Waals surface area contributed by atoms with Crippen LogP contribution in [0.4, 0.5) is 5.69 Å². The molecule has 1 heterocycles. The van der Waals surface area contributed by atoms with Crippen molar-refractivity contribution >= 4 is 17.0 Å². The first-order chi connectivity index (χ1) is 6.77. The number of non-ortho nitro benzene ring substituents is 1. The molecule has 0 bridgehead atoms. The van der Waals surface area contributed by atoms with Crippen LogP contribution in [0, 0.1) is 15.5 Å². The van der Waals surface area contributed by atoms with Crippen LogP contribution < -0.4 is 0 Å². The minimum absolute atomic E-state index is 0.0919. The molecule has 14 heavy (non-hydrogen) atoms. The molecule has 0 spiro atoms. The van der Waals surface area contributed by atoms with Crippen molar-refractivity contribution in [2.75, 3.05) is 0 Å². The molecule has 0 aliphatic heterocycles. The number of nitro benzene ring substituents is 1. The molecule has 4 nitrogen and oxygen atoms in total. The molecule has 0 unspecified atom stereocenters. The predicted molar refractivity (Wildman–Crippen MR) is 53.0 cm³/mol. The normalized spacial score (nSPS) is 10.0. The van der Waals surface area contributed by atoms with Crippen LogP contribution in [-0.2, 0) is 0 Å². The fraction of sp³-hybridized carbons (Fsp3) is 0. The Morgan fingerprint density at radius 1 is 1.36 bits per heavy atom. The third-order valence-corrected chi connectivity index (χ3v) is 2.47. The summed E-state index contributed by atoms with van der Waals surface area (Å²) in [7, 11) is 0. The number of nitrogens with zero attached hydrogens (tertiary/aromatic N) is 2. The van der Waals surface area contributed by atoms with E-state index in [0.29, 0.717) is 0 Å². The number of nitro groups is 1. The number of rotatable bonds is 2. The van der Waals surface area contributed by atoms with E-state index in [9.17, 15) is 10.1 Å². The zero-order valence-electron chi connectivity index (χ0n) is 7.01. The van der Waals surface area contributed by atoms with Gasteiger partial charge < -0.3 is 0 Å². The van der Waals surface area contributed by atoms with Crippen LogP contribution in [0.25, 0.3) is 10.6 Å². The molecular formula is C9H5N2O2S. The van der Waals surface area contributed by atoms with Gasteiger partial charge in [-0.1, -0.05) is 0 Å². The van der Waals surface area contributed by atoms with Gasteiger partial charge in [0, 0.05) is 23.9 Å². The van der Waals surface area contributed by atoms with Gasteiger partial charge in [-0.05, 0) is 12.1 Å². The summed E-state index contributed by atoms with van der Waals surface area (Å²) in [6, 6.07) is 6.31. The fourth-order valence-corrected chi connectivity index (χ4v) is 1.63. The molecule has 0 fully saturated rings. The van der Waals surface area contributed by atoms with E-state index in [0.717, 1.165) is 10.6 Å². The monoisotopic (exact) mass is 205 g/mol. The Bertz CT molecular complexity index is 436. The van der Waals surface area contributed by atoms with Crippen LogP contribution in [0.5, 0.6) is 0 Å². The minimum atomic E-state index is -0.419. The summed E-state index contributed by atoms with van der Waals surface area (Å²) in [4.78, 5) is 14.0. The van der Waals surface area contributed by atoms with Gasteiger partial charge in [0.2, 0.25) is 0 Å². The van der Waals surface area contributed by atoms with E-state index in [-0.39, 0.29) is 5.69 Å². The zero-order valence-corrected chi connectivity index (χ0v) is 7.82. The van der Waals surface area contributed by atoms with Crippen LogP contribution in [0.2, 0.25) is 0 Å². The summed E-state index contributed by atoms with van der Waals surface area (Å²) < 4.78 is 0. The third-order valence-electron chi connectivity index (χ3n) is 1.72. The molecule has 0 saturated carbocycles. The Morgan fingerprint density at radius 3 is 2.57 bits per heavy atom. The number of aromatic nitrogens is 1. The molecule has 0 atom stereocenters. The van der Waals surface area contributed by atoms with Crippen LogP contribution >= 0.6 is 11.3 Å². The number of hydrogen-bond acceptors (Lipinski definition) is 4. The van der Waals surface area contributed by atoms with Crippen molar-refractivity contribution in [1.82, 2.24) is 4.98 Å². The second kappa shape index (κ2) is 3.55. The zero-order chi connectivity index (χ0) is 9.97. The van der Waals surface area contributed by atoms with E-state index < -0.39 is 4.92 Å². The Balaban J connectivity index is 2.36. The Morgan fingerprint density at radius 2 is 2.07 bits per heavy atom. The highest BCUT2D eigenvalue weighted by Gasteiger charge is 2.05. The lowest BCUT2D eigenvalue weighted by atomic mass is 10.2. The molecule has 0 N–H and O–H groups in total. The maximum absolute atomic E-state index is 10.4. The van der Waals surface area contributed by atoms with Gasteiger partial charge in [-0.25, -0.2) is 4.98 Å². The average molecular weight is 205 g/mol. The Kier molecular flexibility index (Phi) is 2.24. The summed E-state index contributed by atoms with van der Waals surface area (Å²) in [6.07, 6.45) is 1.58. The van der Waals surface area contributed by atoms with Gasteiger partial charge in [0.05, 0.1) is 10.3 Å². The highest BCUT2D eigenvalue weighted by molar-refractivity contribution is 7.12. The molecule has 0 saturated heterocycles. The quantitative estimate of drug-likeness (QED) is 0.559. The lowest BCUT2D eigenvalue weighted by Gasteiger charge is -1.94. The molecule has 1 aromatic carbocycles. The van der Waals surface area contributed by atoms with Gasteiger partial charge in [0.1, 0.15) is 5.01 Å². The molecule has 2 rings (SSSR count). The average Bonchev–Trinajstić information content (AvgIpc) is 2.71. The second-order valence-electron chi connectivity index (χ2n) is 2.59. The van der Waals surface area contributed by atoms with Crippen molar-refractivity contribution in [3.63, 3.8) is 0 Å². The van der Waals surface area contributed by atoms with Crippen molar-refractivity contribution in [3.8, 4) is 10.6 Å². The highest BCUT2D eigenvalue weighted by Crippen LogP contribution is 2.23. The molecule has 0 aliphatic rings. The topological polar surface area (TPSA) is 56.0 Å². The number of benzene rings is 1. The Hall–Kier alpha value is -1.75. The fourth-order valence-electron chi connectivity index (χ4n) is 1.05. The summed E-state index contributed by atoms with van der Waals surface area (Å²) in [5, 5.41) is 14.1. The third kappa shape index (κ3) is 1.62. The molecule has 1 radical (unpaired) electrons. The summed E-state index contributed by atoms with van der Waals surface area (Å²) in [5.74, 6) is 0. The van der Waals surface area contributed by atoms with Gasteiger partial charge in [0.25, 0.3) is 5.69 Å². The molecule has 5 heteroatoms. The molecule has 69 valence electrons. The summed E-state index contributed by atoms with van der Waals surface area (Å²) in [5.41, 5.74) is 0.969. The van der Waals surface area contributed by atoms with Crippen LogP contribution in [0.3, 0.4) is 0 Å². The SMILES string of the molecule is O=[N+]([O-])c1ccc(-c2nc[c]s2)cc1. The molecule has 1 aromatic heterocycles. The van der Waals surface area contributed by atoms with Crippen LogP contribution in [0.15, 0.2) is 30.5 Å². The van der Waals surface area contributed by atoms with Crippen molar-refractivity contribution in [2.45, 2.75) is 0 Å². The highest BCUT2D eigenvalue weighted by atomic mass is 32.1. The van der Waals surface area contributed by atoms with Gasteiger partial charge in [0.15, 0.2) is 0 Å². The van der Waals surface area contributed by atoms with Gasteiger partial charge >= 0.3 is 0 Å². The van der Waals surface area contributed by atoms with E-state index in [1.807, 2.05) is 0 Å². The van der Waals surface area contributed by atoms with Crippen LogP contribution in [0.1, 0.15) is 0 Å². The van der Waals surface area contributed by atoms with E-state index >= 15 is 0 Å². The first-order valence-electron chi connectivity index (χ1n) is 3.84. The van der Waals surface area contributed by atoms with Gasteiger partial charge in [-0.15, -0.1) is 11.3 Å². The first kappa shape index (κ1) is 8.83. The lowest BCUT2D eigenvalue weighted by Crippen LogP contribution is -1.86. The predicted octanol–water partition coefficient (Wildman–Crippen LogP) is 2.52. The molecule has 2 aromatic rings.